The average Bonchev–Trinajstić information content (AvgIpc) is 2.37. The summed E-state index contributed by atoms with van der Waals surface area (Å²) in [6.07, 6.45) is 3.73. The van der Waals surface area contributed by atoms with Gasteiger partial charge in [0, 0.05) is 19.7 Å². The Bertz CT molecular complexity index is 356. The summed E-state index contributed by atoms with van der Waals surface area (Å²) < 4.78 is 5.81. The van der Waals surface area contributed by atoms with E-state index in [9.17, 15) is 0 Å². The van der Waals surface area contributed by atoms with Gasteiger partial charge in [0.1, 0.15) is 11.6 Å². The first-order chi connectivity index (χ1) is 8.29. The van der Waals surface area contributed by atoms with Crippen LogP contribution in [0.2, 0.25) is 0 Å². The zero-order valence-corrected chi connectivity index (χ0v) is 10.4. The molecule has 1 unspecified atom stereocenters. The van der Waals surface area contributed by atoms with E-state index in [1.54, 1.807) is 0 Å². The predicted octanol–water partition coefficient (Wildman–Crippen LogP) is 2.06. The summed E-state index contributed by atoms with van der Waals surface area (Å²) in [5.41, 5.74) is 5.71. The lowest BCUT2D eigenvalue weighted by Gasteiger charge is -2.33. The molecular formula is C13H21N3O. The fourth-order valence-corrected chi connectivity index (χ4v) is 2.18. The van der Waals surface area contributed by atoms with Crippen molar-refractivity contribution in [3.63, 3.8) is 0 Å². The van der Waals surface area contributed by atoms with E-state index in [2.05, 4.69) is 16.8 Å². The number of ether oxygens (including phenoxy) is 1. The maximum Gasteiger partial charge on any atom is 0.131 e. The summed E-state index contributed by atoms with van der Waals surface area (Å²) in [6.45, 7) is 4.96. The van der Waals surface area contributed by atoms with Gasteiger partial charge < -0.3 is 15.4 Å². The molecular weight excluding hydrogens is 214 g/mol. The number of nitrogens with zero attached hydrogens (tertiary/aromatic N) is 2. The highest BCUT2D eigenvalue weighted by molar-refractivity contribution is 5.45. The van der Waals surface area contributed by atoms with E-state index in [-0.39, 0.29) is 0 Å². The van der Waals surface area contributed by atoms with Crippen LogP contribution in [0.5, 0.6) is 0 Å². The van der Waals surface area contributed by atoms with Crippen molar-refractivity contribution in [2.75, 3.05) is 30.3 Å². The van der Waals surface area contributed by atoms with Crippen LogP contribution in [0.4, 0.5) is 11.6 Å². The summed E-state index contributed by atoms with van der Waals surface area (Å²) in [4.78, 5) is 6.62. The summed E-state index contributed by atoms with van der Waals surface area (Å²) >= 11 is 0. The van der Waals surface area contributed by atoms with Gasteiger partial charge in [-0.05, 0) is 31.4 Å². The summed E-state index contributed by atoms with van der Waals surface area (Å²) in [5.74, 6) is 1.55. The SMILES string of the molecule is CCCOC1CCCN(c2cccc(N)n2)C1. The molecule has 1 aromatic heterocycles. The fraction of sp³-hybridized carbons (Fsp3) is 0.615. The molecule has 0 radical (unpaired) electrons. The van der Waals surface area contributed by atoms with E-state index in [4.69, 9.17) is 10.5 Å². The predicted molar refractivity (Wildman–Crippen MR) is 70.1 cm³/mol. The molecule has 17 heavy (non-hydrogen) atoms. The number of hydrogen-bond acceptors (Lipinski definition) is 4. The molecule has 0 amide bonds. The standard InChI is InChI=1S/C13H21N3O/c1-2-9-17-11-5-4-8-16(10-11)13-7-3-6-12(14)15-13/h3,6-7,11H,2,4-5,8-10H2,1H3,(H2,14,15). The second-order valence-electron chi connectivity index (χ2n) is 4.50. The smallest absolute Gasteiger partial charge is 0.131 e. The van der Waals surface area contributed by atoms with Gasteiger partial charge in [0.05, 0.1) is 6.10 Å². The number of aromatic nitrogens is 1. The Morgan fingerprint density at radius 2 is 2.41 bits per heavy atom. The largest absolute Gasteiger partial charge is 0.384 e. The Morgan fingerprint density at radius 3 is 3.18 bits per heavy atom. The lowest BCUT2D eigenvalue weighted by molar-refractivity contribution is 0.0439. The molecule has 94 valence electrons. The molecule has 4 heteroatoms. The van der Waals surface area contributed by atoms with Gasteiger partial charge in [-0.2, -0.15) is 0 Å². The van der Waals surface area contributed by atoms with Crippen molar-refractivity contribution in [2.45, 2.75) is 32.3 Å². The van der Waals surface area contributed by atoms with E-state index in [0.717, 1.165) is 44.8 Å². The number of nitrogens with two attached hydrogens (primary N) is 1. The van der Waals surface area contributed by atoms with Crippen molar-refractivity contribution in [3.05, 3.63) is 18.2 Å². The average molecular weight is 235 g/mol. The molecule has 1 aromatic rings. The Kier molecular flexibility index (Phi) is 4.20. The molecule has 1 fully saturated rings. The minimum absolute atomic E-state index is 0.340. The van der Waals surface area contributed by atoms with Crippen LogP contribution in [0.1, 0.15) is 26.2 Å². The number of nitrogen functional groups attached to an aromatic ring is 1. The highest BCUT2D eigenvalue weighted by Gasteiger charge is 2.21. The molecule has 0 aliphatic carbocycles. The third kappa shape index (κ3) is 3.33. The number of piperidine rings is 1. The molecule has 1 atom stereocenters. The molecule has 0 bridgehead atoms. The van der Waals surface area contributed by atoms with Crippen LogP contribution >= 0.6 is 0 Å². The van der Waals surface area contributed by atoms with Crippen molar-refractivity contribution < 1.29 is 4.74 Å². The van der Waals surface area contributed by atoms with Gasteiger partial charge in [0.25, 0.3) is 0 Å². The normalized spacial score (nSPS) is 20.5. The highest BCUT2D eigenvalue weighted by Crippen LogP contribution is 2.20. The maximum absolute atomic E-state index is 5.81. The monoisotopic (exact) mass is 235 g/mol. The van der Waals surface area contributed by atoms with Gasteiger partial charge in [-0.1, -0.05) is 13.0 Å². The Labute approximate surface area is 103 Å². The van der Waals surface area contributed by atoms with Crippen LogP contribution in [-0.4, -0.2) is 30.8 Å². The van der Waals surface area contributed by atoms with Crippen molar-refractivity contribution >= 4 is 11.6 Å². The first-order valence-electron chi connectivity index (χ1n) is 6.38. The molecule has 4 nitrogen and oxygen atoms in total. The molecule has 0 aromatic carbocycles. The number of anilines is 2. The van der Waals surface area contributed by atoms with Gasteiger partial charge in [0.2, 0.25) is 0 Å². The van der Waals surface area contributed by atoms with E-state index >= 15 is 0 Å². The van der Waals surface area contributed by atoms with Crippen LogP contribution in [0.15, 0.2) is 18.2 Å². The second-order valence-corrected chi connectivity index (χ2v) is 4.50. The first-order valence-corrected chi connectivity index (χ1v) is 6.38. The van der Waals surface area contributed by atoms with Crippen LogP contribution in [0, 0.1) is 0 Å². The number of hydrogen-bond donors (Lipinski definition) is 1. The molecule has 2 heterocycles. The van der Waals surface area contributed by atoms with Crippen LogP contribution in [-0.2, 0) is 4.74 Å². The van der Waals surface area contributed by atoms with Gasteiger partial charge >= 0.3 is 0 Å². The quantitative estimate of drug-likeness (QED) is 0.868. The zero-order chi connectivity index (χ0) is 12.1. The summed E-state index contributed by atoms with van der Waals surface area (Å²) in [7, 11) is 0. The highest BCUT2D eigenvalue weighted by atomic mass is 16.5. The fourth-order valence-electron chi connectivity index (χ4n) is 2.18. The molecule has 1 aliphatic heterocycles. The van der Waals surface area contributed by atoms with Crippen molar-refractivity contribution in [1.82, 2.24) is 4.98 Å². The molecule has 2 rings (SSSR count). The lowest BCUT2D eigenvalue weighted by atomic mass is 10.1. The summed E-state index contributed by atoms with van der Waals surface area (Å²) in [5, 5.41) is 0. The van der Waals surface area contributed by atoms with Crippen molar-refractivity contribution in [2.24, 2.45) is 0 Å². The zero-order valence-electron chi connectivity index (χ0n) is 10.4. The number of pyridine rings is 1. The second kappa shape index (κ2) is 5.87. The Balaban J connectivity index is 1.97. The Morgan fingerprint density at radius 1 is 1.53 bits per heavy atom. The van der Waals surface area contributed by atoms with E-state index in [1.807, 2.05) is 18.2 Å². The molecule has 1 aliphatic rings. The van der Waals surface area contributed by atoms with E-state index < -0.39 is 0 Å². The molecule has 0 spiro atoms. The number of rotatable bonds is 4. The third-order valence-electron chi connectivity index (χ3n) is 3.02. The van der Waals surface area contributed by atoms with Gasteiger partial charge in [0.15, 0.2) is 0 Å². The van der Waals surface area contributed by atoms with E-state index in [1.165, 1.54) is 0 Å². The molecule has 1 saturated heterocycles. The molecule has 0 saturated carbocycles. The van der Waals surface area contributed by atoms with Crippen molar-refractivity contribution in [1.29, 1.82) is 0 Å². The minimum atomic E-state index is 0.340. The minimum Gasteiger partial charge on any atom is -0.384 e. The summed E-state index contributed by atoms with van der Waals surface area (Å²) in [6, 6.07) is 5.78. The maximum atomic E-state index is 5.81. The van der Waals surface area contributed by atoms with Crippen molar-refractivity contribution in [3.8, 4) is 0 Å². The third-order valence-corrected chi connectivity index (χ3v) is 3.02. The first kappa shape index (κ1) is 12.2. The van der Waals surface area contributed by atoms with Crippen LogP contribution in [0.3, 0.4) is 0 Å². The molecule has 2 N–H and O–H groups in total. The Hall–Kier alpha value is -1.29. The van der Waals surface area contributed by atoms with Crippen LogP contribution < -0.4 is 10.6 Å². The lowest BCUT2D eigenvalue weighted by Crippen LogP contribution is -2.40. The van der Waals surface area contributed by atoms with Crippen LogP contribution in [0.25, 0.3) is 0 Å². The van der Waals surface area contributed by atoms with Gasteiger partial charge in [-0.3, -0.25) is 0 Å². The van der Waals surface area contributed by atoms with Gasteiger partial charge in [-0.25, -0.2) is 4.98 Å². The van der Waals surface area contributed by atoms with E-state index in [0.29, 0.717) is 11.9 Å². The van der Waals surface area contributed by atoms with Gasteiger partial charge in [-0.15, -0.1) is 0 Å². The topological polar surface area (TPSA) is 51.4 Å².